The van der Waals surface area contributed by atoms with Crippen molar-refractivity contribution in [1.29, 1.82) is 0 Å². The summed E-state index contributed by atoms with van der Waals surface area (Å²) in [7, 11) is 1.94. The molecule has 10 heteroatoms. The summed E-state index contributed by atoms with van der Waals surface area (Å²) in [6.07, 6.45) is 5.57. The van der Waals surface area contributed by atoms with Crippen LogP contribution in [0.4, 0.5) is 4.39 Å². The molecule has 0 bridgehead atoms. The summed E-state index contributed by atoms with van der Waals surface area (Å²) in [5.41, 5.74) is 2.50. The first-order valence-electron chi connectivity index (χ1n) is 12.5. The van der Waals surface area contributed by atoms with Crippen LogP contribution in [0.1, 0.15) is 40.8 Å². The number of carboxylic acid groups (broad SMARTS) is 1. The van der Waals surface area contributed by atoms with Gasteiger partial charge in [0.1, 0.15) is 10.5 Å². The molecule has 1 fully saturated rings. The van der Waals surface area contributed by atoms with Crippen LogP contribution in [0.15, 0.2) is 53.2 Å². The Labute approximate surface area is 221 Å². The van der Waals surface area contributed by atoms with Gasteiger partial charge in [-0.15, -0.1) is 11.3 Å². The number of carbonyl (C=O) groups is 2. The summed E-state index contributed by atoms with van der Waals surface area (Å²) in [5, 5.41) is 10.7. The van der Waals surface area contributed by atoms with E-state index in [9.17, 15) is 9.59 Å². The fourth-order valence-electron chi connectivity index (χ4n) is 5.17. The first-order chi connectivity index (χ1) is 18.4. The molecule has 1 aliphatic heterocycles. The number of amides is 1. The van der Waals surface area contributed by atoms with Gasteiger partial charge in [-0.2, -0.15) is 0 Å². The van der Waals surface area contributed by atoms with E-state index >= 15 is 4.39 Å². The van der Waals surface area contributed by atoms with Crippen molar-refractivity contribution < 1.29 is 23.5 Å². The zero-order chi connectivity index (χ0) is 26.4. The Hall–Kier alpha value is -4.05. The summed E-state index contributed by atoms with van der Waals surface area (Å²) in [6.45, 7) is 0.574. The minimum absolute atomic E-state index is 0.0409. The Morgan fingerprint density at radius 3 is 2.92 bits per heavy atom. The predicted molar refractivity (Wildman–Crippen MR) is 141 cm³/mol. The van der Waals surface area contributed by atoms with Gasteiger partial charge in [-0.25, -0.2) is 14.4 Å². The number of aliphatic carboxylic acids is 1. The first kappa shape index (κ1) is 24.3. The third kappa shape index (κ3) is 4.34. The SMILES string of the molecule is Cn1cc(-c2nc3ccc(CC(=O)N4CCC[C@H]4c4ncc(CCC(=O)O)s4)c(F)c3o2)c2ccccc21. The van der Waals surface area contributed by atoms with Crippen LogP contribution < -0.4 is 0 Å². The second-order valence-corrected chi connectivity index (χ2v) is 10.7. The minimum atomic E-state index is -0.854. The number of rotatable bonds is 7. The summed E-state index contributed by atoms with van der Waals surface area (Å²) in [6, 6.07) is 11.0. The number of fused-ring (bicyclic) bond motifs is 2. The second kappa shape index (κ2) is 9.68. The van der Waals surface area contributed by atoms with Gasteiger partial charge in [-0.1, -0.05) is 24.3 Å². The third-order valence-corrected chi connectivity index (χ3v) is 8.22. The molecule has 0 spiro atoms. The molecule has 1 saturated heterocycles. The molecule has 4 heterocycles. The van der Waals surface area contributed by atoms with Crippen LogP contribution in [0.25, 0.3) is 33.5 Å². The van der Waals surface area contributed by atoms with E-state index in [0.717, 1.165) is 39.2 Å². The number of hydrogen-bond acceptors (Lipinski definition) is 6. The highest BCUT2D eigenvalue weighted by Crippen LogP contribution is 2.36. The van der Waals surface area contributed by atoms with Crippen molar-refractivity contribution in [2.45, 2.75) is 38.1 Å². The van der Waals surface area contributed by atoms with Crippen LogP contribution in [0.3, 0.4) is 0 Å². The van der Waals surface area contributed by atoms with Gasteiger partial charge in [0.25, 0.3) is 0 Å². The van der Waals surface area contributed by atoms with Crippen molar-refractivity contribution in [3.05, 3.63) is 70.1 Å². The number of aryl methyl sites for hydroxylation is 2. The molecule has 5 aromatic rings. The van der Waals surface area contributed by atoms with Gasteiger partial charge in [0.15, 0.2) is 11.4 Å². The maximum atomic E-state index is 15.6. The zero-order valence-corrected chi connectivity index (χ0v) is 21.5. The molecule has 1 N–H and O–H groups in total. The van der Waals surface area contributed by atoms with Crippen molar-refractivity contribution in [2.75, 3.05) is 6.54 Å². The molecule has 1 aliphatic rings. The molecule has 0 saturated carbocycles. The van der Waals surface area contributed by atoms with Crippen LogP contribution in [-0.4, -0.2) is 43.0 Å². The Morgan fingerprint density at radius 1 is 1.24 bits per heavy atom. The number of nitrogens with zero attached hydrogens (tertiary/aromatic N) is 4. The topological polar surface area (TPSA) is 101 Å². The zero-order valence-electron chi connectivity index (χ0n) is 20.7. The van der Waals surface area contributed by atoms with Gasteiger partial charge in [-0.05, 0) is 31.4 Å². The Bertz CT molecular complexity index is 1690. The molecule has 38 heavy (non-hydrogen) atoms. The van der Waals surface area contributed by atoms with Gasteiger partial charge >= 0.3 is 5.97 Å². The predicted octanol–water partition coefficient (Wildman–Crippen LogP) is 5.51. The molecule has 6 rings (SSSR count). The van der Waals surface area contributed by atoms with Crippen molar-refractivity contribution in [2.24, 2.45) is 7.05 Å². The van der Waals surface area contributed by atoms with Crippen LogP contribution >= 0.6 is 11.3 Å². The van der Waals surface area contributed by atoms with E-state index in [0.29, 0.717) is 24.4 Å². The van der Waals surface area contributed by atoms with Crippen molar-refractivity contribution in [3.63, 3.8) is 0 Å². The Balaban J connectivity index is 1.24. The van der Waals surface area contributed by atoms with E-state index in [4.69, 9.17) is 9.52 Å². The van der Waals surface area contributed by atoms with Gasteiger partial charge in [0.05, 0.1) is 24.4 Å². The maximum absolute atomic E-state index is 15.6. The lowest BCUT2D eigenvalue weighted by molar-refractivity contribution is -0.137. The van der Waals surface area contributed by atoms with E-state index in [1.165, 1.54) is 11.3 Å². The fraction of sp³-hybridized carbons (Fsp3) is 0.286. The molecule has 1 atom stereocenters. The molecular formula is C28H25FN4O4S. The number of benzene rings is 2. The smallest absolute Gasteiger partial charge is 0.303 e. The molecule has 194 valence electrons. The van der Waals surface area contributed by atoms with Gasteiger partial charge in [0, 0.05) is 47.3 Å². The van der Waals surface area contributed by atoms with Gasteiger partial charge in [0.2, 0.25) is 11.8 Å². The number of thiazole rings is 1. The normalized spacial score (nSPS) is 15.6. The quantitative estimate of drug-likeness (QED) is 0.297. The number of halogens is 1. The van der Waals surface area contributed by atoms with E-state index in [1.54, 1.807) is 23.2 Å². The van der Waals surface area contributed by atoms with Gasteiger partial charge in [-0.3, -0.25) is 9.59 Å². The number of hydrogen-bond donors (Lipinski definition) is 1. The van der Waals surface area contributed by atoms with Crippen LogP contribution in [0.5, 0.6) is 0 Å². The summed E-state index contributed by atoms with van der Waals surface area (Å²) in [5.74, 6) is -1.27. The Morgan fingerprint density at radius 2 is 2.08 bits per heavy atom. The van der Waals surface area contributed by atoms with Crippen molar-refractivity contribution in [3.8, 4) is 11.5 Å². The highest BCUT2D eigenvalue weighted by molar-refractivity contribution is 7.11. The van der Waals surface area contributed by atoms with Gasteiger partial charge < -0.3 is 19.0 Å². The standard InChI is InChI=1S/C28H25FN4O4S/c1-32-15-19(18-5-2-3-6-21(18)32)27-31-20-10-8-16(25(29)26(20)37-27)13-23(34)33-12-4-7-22(33)28-30-14-17(38-28)9-11-24(35)36/h2-3,5-6,8,10,14-15,22H,4,7,9,11-13H2,1H3,(H,35,36)/t22-/m0/s1. The summed E-state index contributed by atoms with van der Waals surface area (Å²) >= 11 is 1.44. The molecule has 0 aliphatic carbocycles. The lowest BCUT2D eigenvalue weighted by Gasteiger charge is -2.23. The molecule has 0 unspecified atom stereocenters. The van der Waals surface area contributed by atoms with E-state index in [1.807, 2.05) is 42.1 Å². The lowest BCUT2D eigenvalue weighted by atomic mass is 10.1. The second-order valence-electron chi connectivity index (χ2n) is 9.56. The number of carboxylic acids is 1. The average molecular weight is 533 g/mol. The van der Waals surface area contributed by atoms with Crippen molar-refractivity contribution >= 4 is 45.2 Å². The van der Waals surface area contributed by atoms with Crippen LogP contribution in [-0.2, 0) is 29.5 Å². The number of oxazole rings is 1. The summed E-state index contributed by atoms with van der Waals surface area (Å²) in [4.78, 5) is 35.8. The average Bonchev–Trinajstić information content (AvgIpc) is 3.70. The van der Waals surface area contributed by atoms with Crippen molar-refractivity contribution in [1.82, 2.24) is 19.4 Å². The lowest BCUT2D eigenvalue weighted by Crippen LogP contribution is -2.32. The van der Waals surface area contributed by atoms with E-state index < -0.39 is 11.8 Å². The molecule has 8 nitrogen and oxygen atoms in total. The molecule has 2 aromatic carbocycles. The third-order valence-electron chi connectivity index (χ3n) is 7.06. The number of likely N-dealkylation sites (tertiary alicyclic amines) is 1. The Kier molecular flexibility index (Phi) is 6.19. The molecule has 1 amide bonds. The largest absolute Gasteiger partial charge is 0.481 e. The molecule has 3 aromatic heterocycles. The minimum Gasteiger partial charge on any atom is -0.481 e. The van der Waals surface area contributed by atoms with E-state index in [-0.39, 0.29) is 35.9 Å². The number of aromatic nitrogens is 3. The molecule has 0 radical (unpaired) electrons. The van der Waals surface area contributed by atoms with E-state index in [2.05, 4.69) is 9.97 Å². The molecular weight excluding hydrogens is 507 g/mol. The summed E-state index contributed by atoms with van der Waals surface area (Å²) < 4.78 is 23.5. The van der Waals surface area contributed by atoms with Crippen LogP contribution in [0.2, 0.25) is 0 Å². The first-order valence-corrected chi connectivity index (χ1v) is 13.3. The number of carbonyl (C=O) groups excluding carboxylic acids is 1. The highest BCUT2D eigenvalue weighted by atomic mass is 32.1. The monoisotopic (exact) mass is 532 g/mol. The van der Waals surface area contributed by atoms with Crippen LogP contribution in [0, 0.1) is 5.82 Å². The highest BCUT2D eigenvalue weighted by Gasteiger charge is 2.32. The maximum Gasteiger partial charge on any atom is 0.303 e. The number of para-hydroxylation sites is 1. The fourth-order valence-corrected chi connectivity index (χ4v) is 6.24.